The van der Waals surface area contributed by atoms with Gasteiger partial charge in [0.2, 0.25) is 0 Å². The van der Waals surface area contributed by atoms with Gasteiger partial charge in [0, 0.05) is 13.1 Å². The molecule has 1 heterocycles. The summed E-state index contributed by atoms with van der Waals surface area (Å²) in [5.74, 6) is 0.287. The molecule has 2 aromatic carbocycles. The molecule has 1 N–H and O–H groups in total. The number of carbonyl (C=O) groups is 1. The molecule has 0 radical (unpaired) electrons. The second-order valence-corrected chi connectivity index (χ2v) is 7.02. The van der Waals surface area contributed by atoms with Crippen molar-refractivity contribution < 1.29 is 18.7 Å². The first-order chi connectivity index (χ1) is 14.1. The molecule has 29 heavy (non-hydrogen) atoms. The molecule has 1 aliphatic heterocycles. The van der Waals surface area contributed by atoms with Crippen LogP contribution >= 0.6 is 0 Å². The Balaban J connectivity index is 1.67. The molecule has 1 fully saturated rings. The predicted octanol–water partition coefficient (Wildman–Crippen LogP) is 4.57. The van der Waals surface area contributed by atoms with Gasteiger partial charge in [0.1, 0.15) is 5.82 Å². The fraction of sp³-hybridized carbons (Fsp3) is 0.348. The molecule has 1 saturated heterocycles. The highest BCUT2D eigenvalue weighted by molar-refractivity contribution is 5.95. The van der Waals surface area contributed by atoms with E-state index in [1.54, 1.807) is 19.2 Å². The maximum atomic E-state index is 13.8. The van der Waals surface area contributed by atoms with Gasteiger partial charge in [-0.25, -0.2) is 4.39 Å². The summed E-state index contributed by atoms with van der Waals surface area (Å²) in [7, 11) is 1.55. The van der Waals surface area contributed by atoms with Gasteiger partial charge < -0.3 is 19.7 Å². The van der Waals surface area contributed by atoms with Gasteiger partial charge in [-0.15, -0.1) is 6.58 Å². The molecule has 0 spiro atoms. The van der Waals surface area contributed by atoms with E-state index in [1.807, 2.05) is 18.2 Å². The van der Waals surface area contributed by atoms with Gasteiger partial charge in [-0.3, -0.25) is 4.79 Å². The molecule has 0 bridgehead atoms. The van der Waals surface area contributed by atoms with Crippen molar-refractivity contribution in [2.24, 2.45) is 0 Å². The molecular formula is C23H27FN2O3. The van der Waals surface area contributed by atoms with Gasteiger partial charge in [-0.05, 0) is 61.6 Å². The van der Waals surface area contributed by atoms with Crippen molar-refractivity contribution >= 4 is 17.3 Å². The summed E-state index contributed by atoms with van der Waals surface area (Å²) < 4.78 is 24.8. The van der Waals surface area contributed by atoms with Crippen molar-refractivity contribution in [3.63, 3.8) is 0 Å². The first kappa shape index (κ1) is 20.7. The van der Waals surface area contributed by atoms with E-state index in [-0.39, 0.29) is 18.3 Å². The van der Waals surface area contributed by atoms with Crippen LogP contribution in [0.1, 0.15) is 24.8 Å². The number of halogens is 1. The minimum Gasteiger partial charge on any atom is -0.493 e. The highest BCUT2D eigenvalue weighted by atomic mass is 19.1. The first-order valence-corrected chi connectivity index (χ1v) is 9.85. The molecular weight excluding hydrogens is 371 g/mol. The average Bonchev–Trinajstić information content (AvgIpc) is 2.73. The summed E-state index contributed by atoms with van der Waals surface area (Å²) >= 11 is 0. The zero-order valence-electron chi connectivity index (χ0n) is 16.7. The number of allylic oxidation sites excluding steroid dienone is 1. The number of piperidine rings is 1. The van der Waals surface area contributed by atoms with E-state index < -0.39 is 0 Å². The van der Waals surface area contributed by atoms with E-state index in [0.717, 1.165) is 43.6 Å². The lowest BCUT2D eigenvalue weighted by Gasteiger charge is -2.30. The van der Waals surface area contributed by atoms with Crippen LogP contribution in [-0.2, 0) is 11.2 Å². The van der Waals surface area contributed by atoms with Crippen molar-refractivity contribution in [1.29, 1.82) is 0 Å². The van der Waals surface area contributed by atoms with E-state index in [0.29, 0.717) is 17.2 Å². The van der Waals surface area contributed by atoms with Gasteiger partial charge in [0.05, 0.1) is 18.5 Å². The summed E-state index contributed by atoms with van der Waals surface area (Å²) in [5, 5.41) is 2.79. The average molecular weight is 398 g/mol. The maximum absolute atomic E-state index is 13.8. The minimum atomic E-state index is -0.388. The number of carbonyl (C=O) groups excluding carboxylic acids is 1. The number of ether oxygens (including phenoxy) is 2. The van der Waals surface area contributed by atoms with Gasteiger partial charge in [0.25, 0.3) is 5.91 Å². The molecule has 0 aliphatic carbocycles. The molecule has 0 saturated carbocycles. The molecule has 5 nitrogen and oxygen atoms in total. The molecule has 1 aliphatic rings. The molecule has 2 aromatic rings. The van der Waals surface area contributed by atoms with Crippen LogP contribution in [0.4, 0.5) is 15.8 Å². The number of benzene rings is 2. The van der Waals surface area contributed by atoms with Crippen LogP contribution in [-0.4, -0.2) is 32.7 Å². The van der Waals surface area contributed by atoms with Crippen molar-refractivity contribution in [3.05, 3.63) is 60.4 Å². The molecule has 3 rings (SSSR count). The van der Waals surface area contributed by atoms with Crippen molar-refractivity contribution in [2.75, 3.05) is 37.0 Å². The molecule has 0 unspecified atom stereocenters. The number of methoxy groups -OCH3 is 1. The van der Waals surface area contributed by atoms with E-state index in [1.165, 1.54) is 18.6 Å². The standard InChI is InChI=1S/C23H27FN2O3/c1-3-7-17-8-11-21(22(14-17)28-2)29-16-23(27)25-19-15-18(24)9-10-20(19)26-12-5-4-6-13-26/h3,8-11,14-15H,1,4-7,12-13,16H2,2H3,(H,25,27). The quantitative estimate of drug-likeness (QED) is 0.662. The summed E-state index contributed by atoms with van der Waals surface area (Å²) in [4.78, 5) is 14.7. The lowest BCUT2D eigenvalue weighted by molar-refractivity contribution is -0.118. The summed E-state index contributed by atoms with van der Waals surface area (Å²) in [6.07, 6.45) is 5.91. The highest BCUT2D eigenvalue weighted by Gasteiger charge is 2.17. The topological polar surface area (TPSA) is 50.8 Å². The second-order valence-electron chi connectivity index (χ2n) is 7.02. The third-order valence-corrected chi connectivity index (χ3v) is 4.90. The SMILES string of the molecule is C=CCc1ccc(OCC(=O)Nc2cc(F)ccc2N2CCCCC2)c(OC)c1. The van der Waals surface area contributed by atoms with Crippen LogP contribution < -0.4 is 19.7 Å². The number of rotatable bonds is 8. The fourth-order valence-corrected chi connectivity index (χ4v) is 3.47. The van der Waals surface area contributed by atoms with Crippen LogP contribution in [0.5, 0.6) is 11.5 Å². The Bertz CT molecular complexity index is 863. The van der Waals surface area contributed by atoms with Crippen LogP contribution in [0.2, 0.25) is 0 Å². The Morgan fingerprint density at radius 3 is 2.69 bits per heavy atom. The number of amides is 1. The second kappa shape index (κ2) is 9.96. The summed E-state index contributed by atoms with van der Waals surface area (Å²) in [5.41, 5.74) is 2.35. The Kier molecular flexibility index (Phi) is 7.11. The lowest BCUT2D eigenvalue weighted by atomic mass is 10.1. The monoisotopic (exact) mass is 398 g/mol. The van der Waals surface area contributed by atoms with Crippen molar-refractivity contribution in [2.45, 2.75) is 25.7 Å². The molecule has 1 amide bonds. The number of anilines is 2. The number of nitrogens with zero attached hydrogens (tertiary/aromatic N) is 1. The maximum Gasteiger partial charge on any atom is 0.262 e. The number of hydrogen-bond donors (Lipinski definition) is 1. The number of nitrogens with one attached hydrogen (secondary N) is 1. The van der Waals surface area contributed by atoms with Crippen LogP contribution in [0.25, 0.3) is 0 Å². The lowest BCUT2D eigenvalue weighted by Crippen LogP contribution is -2.31. The third-order valence-electron chi connectivity index (χ3n) is 4.90. The highest BCUT2D eigenvalue weighted by Crippen LogP contribution is 2.30. The molecule has 154 valence electrons. The van der Waals surface area contributed by atoms with Crippen LogP contribution in [0.15, 0.2) is 49.1 Å². The van der Waals surface area contributed by atoms with Gasteiger partial charge >= 0.3 is 0 Å². The van der Waals surface area contributed by atoms with E-state index in [2.05, 4.69) is 16.8 Å². The van der Waals surface area contributed by atoms with Gasteiger partial charge in [-0.1, -0.05) is 12.1 Å². The third kappa shape index (κ3) is 5.50. The number of hydrogen-bond acceptors (Lipinski definition) is 4. The van der Waals surface area contributed by atoms with E-state index >= 15 is 0 Å². The predicted molar refractivity (Wildman–Crippen MR) is 113 cm³/mol. The van der Waals surface area contributed by atoms with Crippen molar-refractivity contribution in [1.82, 2.24) is 0 Å². The van der Waals surface area contributed by atoms with Crippen molar-refractivity contribution in [3.8, 4) is 11.5 Å². The fourth-order valence-electron chi connectivity index (χ4n) is 3.47. The Morgan fingerprint density at radius 1 is 1.17 bits per heavy atom. The zero-order valence-corrected chi connectivity index (χ0v) is 16.7. The normalized spacial score (nSPS) is 13.7. The van der Waals surface area contributed by atoms with Crippen LogP contribution in [0, 0.1) is 5.82 Å². The first-order valence-electron chi connectivity index (χ1n) is 9.85. The summed E-state index contributed by atoms with van der Waals surface area (Å²) in [6.45, 7) is 5.33. The van der Waals surface area contributed by atoms with Gasteiger partial charge in [0.15, 0.2) is 18.1 Å². The molecule has 0 atom stereocenters. The molecule has 0 aromatic heterocycles. The Morgan fingerprint density at radius 2 is 1.97 bits per heavy atom. The van der Waals surface area contributed by atoms with E-state index in [4.69, 9.17) is 9.47 Å². The molecule has 6 heteroatoms. The largest absolute Gasteiger partial charge is 0.493 e. The van der Waals surface area contributed by atoms with Gasteiger partial charge in [-0.2, -0.15) is 0 Å². The Labute approximate surface area is 171 Å². The van der Waals surface area contributed by atoms with E-state index in [9.17, 15) is 9.18 Å². The Hall–Kier alpha value is -3.02. The zero-order chi connectivity index (χ0) is 20.6. The van der Waals surface area contributed by atoms with Crippen LogP contribution in [0.3, 0.4) is 0 Å². The minimum absolute atomic E-state index is 0.201. The smallest absolute Gasteiger partial charge is 0.262 e. The summed E-state index contributed by atoms with van der Waals surface area (Å²) in [6, 6.07) is 10.0.